The van der Waals surface area contributed by atoms with Gasteiger partial charge in [-0.05, 0) is 32.9 Å². The maximum Gasteiger partial charge on any atom is 0.124 e. The first kappa shape index (κ1) is 12.4. The molecule has 1 aliphatic heterocycles. The monoisotopic (exact) mass is 235 g/mol. The summed E-state index contributed by atoms with van der Waals surface area (Å²) in [4.78, 5) is 0. The van der Waals surface area contributed by atoms with Gasteiger partial charge < -0.3 is 14.8 Å². The summed E-state index contributed by atoms with van der Waals surface area (Å²) in [5, 5.41) is 3.35. The summed E-state index contributed by atoms with van der Waals surface area (Å²) in [6.07, 6.45) is 2.53. The first-order valence-corrected chi connectivity index (χ1v) is 6.37. The minimum Gasteiger partial charge on any atom is -0.494 e. The molecule has 1 saturated heterocycles. The SMILES string of the molecule is CCOc1ccccc1C(NC)C1CCCO1. The molecule has 1 heterocycles. The predicted molar refractivity (Wildman–Crippen MR) is 68.4 cm³/mol. The quantitative estimate of drug-likeness (QED) is 0.850. The van der Waals surface area contributed by atoms with Crippen LogP contribution in [0, 0.1) is 0 Å². The van der Waals surface area contributed by atoms with Crippen LogP contribution in [0.4, 0.5) is 0 Å². The van der Waals surface area contributed by atoms with Crippen LogP contribution < -0.4 is 10.1 Å². The Morgan fingerprint density at radius 2 is 2.29 bits per heavy atom. The van der Waals surface area contributed by atoms with Gasteiger partial charge in [0, 0.05) is 12.2 Å². The number of benzene rings is 1. The molecule has 0 aromatic heterocycles. The highest BCUT2D eigenvalue weighted by Crippen LogP contribution is 2.32. The van der Waals surface area contributed by atoms with Crippen molar-refractivity contribution in [1.82, 2.24) is 5.32 Å². The van der Waals surface area contributed by atoms with E-state index in [-0.39, 0.29) is 12.1 Å². The van der Waals surface area contributed by atoms with Crippen molar-refractivity contribution in [1.29, 1.82) is 0 Å². The second kappa shape index (κ2) is 6.03. The van der Waals surface area contributed by atoms with Gasteiger partial charge in [0.1, 0.15) is 5.75 Å². The maximum atomic E-state index is 5.78. The lowest BCUT2D eigenvalue weighted by atomic mass is 9.98. The third kappa shape index (κ3) is 2.79. The van der Waals surface area contributed by atoms with Gasteiger partial charge in [-0.1, -0.05) is 18.2 Å². The number of hydrogen-bond donors (Lipinski definition) is 1. The van der Waals surface area contributed by atoms with Crippen molar-refractivity contribution in [2.24, 2.45) is 0 Å². The summed E-state index contributed by atoms with van der Waals surface area (Å²) < 4.78 is 11.5. The topological polar surface area (TPSA) is 30.5 Å². The Bertz CT molecular complexity index is 348. The molecule has 2 rings (SSSR count). The molecule has 3 heteroatoms. The Balaban J connectivity index is 2.22. The van der Waals surface area contributed by atoms with Crippen LogP contribution in [-0.2, 0) is 4.74 Å². The fraction of sp³-hybridized carbons (Fsp3) is 0.571. The van der Waals surface area contributed by atoms with Gasteiger partial charge in [0.05, 0.1) is 18.8 Å². The fourth-order valence-corrected chi connectivity index (χ4v) is 2.43. The summed E-state index contributed by atoms with van der Waals surface area (Å²) in [5.74, 6) is 0.963. The molecule has 0 aliphatic carbocycles. The highest BCUT2D eigenvalue weighted by atomic mass is 16.5. The summed E-state index contributed by atoms with van der Waals surface area (Å²) in [7, 11) is 1.98. The molecule has 1 fully saturated rings. The first-order chi connectivity index (χ1) is 8.36. The Labute approximate surface area is 103 Å². The Kier molecular flexibility index (Phi) is 4.40. The first-order valence-electron chi connectivity index (χ1n) is 6.37. The van der Waals surface area contributed by atoms with E-state index in [9.17, 15) is 0 Å². The van der Waals surface area contributed by atoms with Gasteiger partial charge in [0.25, 0.3) is 0 Å². The summed E-state index contributed by atoms with van der Waals surface area (Å²) in [6, 6.07) is 8.43. The zero-order chi connectivity index (χ0) is 12.1. The number of hydrogen-bond acceptors (Lipinski definition) is 3. The molecular formula is C14H21NO2. The van der Waals surface area contributed by atoms with Gasteiger partial charge >= 0.3 is 0 Å². The molecule has 0 bridgehead atoms. The molecule has 1 aromatic rings. The van der Waals surface area contributed by atoms with Gasteiger partial charge in [-0.15, -0.1) is 0 Å². The van der Waals surface area contributed by atoms with Crippen molar-refractivity contribution in [3.05, 3.63) is 29.8 Å². The van der Waals surface area contributed by atoms with Gasteiger partial charge in [-0.2, -0.15) is 0 Å². The zero-order valence-corrected chi connectivity index (χ0v) is 10.6. The van der Waals surface area contributed by atoms with Gasteiger partial charge in [-0.25, -0.2) is 0 Å². The third-order valence-electron chi connectivity index (χ3n) is 3.20. The molecule has 1 N–H and O–H groups in total. The molecule has 2 atom stereocenters. The maximum absolute atomic E-state index is 5.78. The van der Waals surface area contributed by atoms with Crippen LogP contribution in [0.3, 0.4) is 0 Å². The van der Waals surface area contributed by atoms with Crippen LogP contribution >= 0.6 is 0 Å². The normalized spacial score (nSPS) is 21.4. The zero-order valence-electron chi connectivity index (χ0n) is 10.6. The molecule has 1 aliphatic rings. The second-order valence-corrected chi connectivity index (χ2v) is 4.29. The lowest BCUT2D eigenvalue weighted by Crippen LogP contribution is -2.29. The molecule has 1 aromatic carbocycles. The van der Waals surface area contributed by atoms with Crippen LogP contribution in [0.5, 0.6) is 5.75 Å². The number of para-hydroxylation sites is 1. The van der Waals surface area contributed by atoms with Gasteiger partial charge in [0.2, 0.25) is 0 Å². The number of nitrogens with one attached hydrogen (secondary N) is 1. The average molecular weight is 235 g/mol. The summed E-state index contributed by atoms with van der Waals surface area (Å²) >= 11 is 0. The van der Waals surface area contributed by atoms with E-state index in [2.05, 4.69) is 17.4 Å². The molecule has 0 saturated carbocycles. The van der Waals surface area contributed by atoms with Crippen molar-refractivity contribution in [2.45, 2.75) is 31.9 Å². The van der Waals surface area contributed by atoms with Gasteiger partial charge in [0.15, 0.2) is 0 Å². The fourth-order valence-electron chi connectivity index (χ4n) is 2.43. The van der Waals surface area contributed by atoms with Crippen LogP contribution in [0.25, 0.3) is 0 Å². The molecule has 0 radical (unpaired) electrons. The number of ether oxygens (including phenoxy) is 2. The minimum absolute atomic E-state index is 0.222. The van der Waals surface area contributed by atoms with E-state index in [0.717, 1.165) is 25.2 Å². The van der Waals surface area contributed by atoms with Crippen molar-refractivity contribution in [3.63, 3.8) is 0 Å². The molecule has 94 valence electrons. The van der Waals surface area contributed by atoms with E-state index in [4.69, 9.17) is 9.47 Å². The van der Waals surface area contributed by atoms with E-state index >= 15 is 0 Å². The van der Waals surface area contributed by atoms with Crippen molar-refractivity contribution >= 4 is 0 Å². The summed E-state index contributed by atoms with van der Waals surface area (Å²) in [6.45, 7) is 3.58. The van der Waals surface area contributed by atoms with Crippen molar-refractivity contribution in [2.75, 3.05) is 20.3 Å². The van der Waals surface area contributed by atoms with E-state index in [0.29, 0.717) is 6.61 Å². The smallest absolute Gasteiger partial charge is 0.124 e. The van der Waals surface area contributed by atoms with Crippen LogP contribution in [-0.4, -0.2) is 26.4 Å². The Morgan fingerprint density at radius 1 is 1.47 bits per heavy atom. The second-order valence-electron chi connectivity index (χ2n) is 4.29. The molecule has 3 nitrogen and oxygen atoms in total. The van der Waals surface area contributed by atoms with E-state index in [1.165, 1.54) is 5.56 Å². The highest BCUT2D eigenvalue weighted by Gasteiger charge is 2.27. The average Bonchev–Trinajstić information content (AvgIpc) is 2.86. The largest absolute Gasteiger partial charge is 0.494 e. The molecule has 0 amide bonds. The third-order valence-corrected chi connectivity index (χ3v) is 3.20. The van der Waals surface area contributed by atoms with Crippen LogP contribution in [0.1, 0.15) is 31.4 Å². The lowest BCUT2D eigenvalue weighted by molar-refractivity contribution is 0.0797. The van der Waals surface area contributed by atoms with E-state index in [1.807, 2.05) is 26.1 Å². The predicted octanol–water partition coefficient (Wildman–Crippen LogP) is 2.52. The van der Waals surface area contributed by atoms with Crippen molar-refractivity contribution in [3.8, 4) is 5.75 Å². The lowest BCUT2D eigenvalue weighted by Gasteiger charge is -2.24. The van der Waals surface area contributed by atoms with Crippen molar-refractivity contribution < 1.29 is 9.47 Å². The number of likely N-dealkylation sites (N-methyl/N-ethyl adjacent to an activating group) is 1. The van der Waals surface area contributed by atoms with E-state index < -0.39 is 0 Å². The summed E-state index contributed by atoms with van der Waals surface area (Å²) in [5.41, 5.74) is 1.20. The Hall–Kier alpha value is -1.06. The van der Waals surface area contributed by atoms with E-state index in [1.54, 1.807) is 0 Å². The molecule has 2 unspecified atom stereocenters. The highest BCUT2D eigenvalue weighted by molar-refractivity contribution is 5.36. The molecule has 17 heavy (non-hydrogen) atoms. The molecule has 0 spiro atoms. The van der Waals surface area contributed by atoms with Gasteiger partial charge in [-0.3, -0.25) is 0 Å². The number of rotatable bonds is 5. The van der Waals surface area contributed by atoms with Crippen LogP contribution in [0.15, 0.2) is 24.3 Å². The Morgan fingerprint density at radius 3 is 2.94 bits per heavy atom. The van der Waals surface area contributed by atoms with Crippen LogP contribution in [0.2, 0.25) is 0 Å². The molecular weight excluding hydrogens is 214 g/mol. The minimum atomic E-state index is 0.222. The standard InChI is InChI=1S/C14H21NO2/c1-3-16-12-8-5-4-7-11(12)14(15-2)13-9-6-10-17-13/h4-5,7-8,13-15H,3,6,9-10H2,1-2H3.